The number of aromatic nitrogens is 4. The van der Waals surface area contributed by atoms with Crippen molar-refractivity contribution in [3.8, 4) is 0 Å². The molecule has 2 aliphatic rings. The minimum atomic E-state index is -1.10. The van der Waals surface area contributed by atoms with Gasteiger partial charge in [0.15, 0.2) is 0 Å². The standard InChI is InChI=1S/C15H14ClFN4O3.C14H13BrClFN4O.C4H9.CO2.Li/c16-11-7-9(1-2-12(11)17)19-15-18-8-10(14(22)23)13(20-15)21-3-5-24-6-4-21;15-10-8-18-14(19-9-1-2-12(17)11(16)7-9)20-13(10)21-3-5-22-6-4-21;1-3-4-2;2-1-3;/h1-2,7-8H,3-6H2,(H,22,23)(H,18,19,20);1-2,7-8H,3-6H2,(H,18,19,20);1,3-4H2,2H3;;/q;;-1;;+1. The third-order valence-electron chi connectivity index (χ3n) is 7.05. The molecule has 2 aromatic heterocycles. The van der Waals surface area contributed by atoms with Crippen LogP contribution in [0.25, 0.3) is 0 Å². The average molecular weight is 848 g/mol. The first kappa shape index (κ1) is 46.2. The maximum Gasteiger partial charge on any atom is 1.00 e. The smallest absolute Gasteiger partial charge is 0.477 e. The fourth-order valence-corrected chi connectivity index (χ4v) is 5.22. The first-order chi connectivity index (χ1) is 25.5. The minimum Gasteiger partial charge on any atom is -0.477 e. The summed E-state index contributed by atoms with van der Waals surface area (Å²) in [6.07, 6.45) is 5.46. The third kappa shape index (κ3) is 14.7. The van der Waals surface area contributed by atoms with E-state index in [0.29, 0.717) is 62.7 Å². The summed E-state index contributed by atoms with van der Waals surface area (Å²) < 4.78 is 37.8. The summed E-state index contributed by atoms with van der Waals surface area (Å²) in [5.41, 5.74) is 1.14. The average Bonchev–Trinajstić information content (AvgIpc) is 3.16. The van der Waals surface area contributed by atoms with Gasteiger partial charge in [-0.25, -0.2) is 23.5 Å². The number of morpholine rings is 2. The van der Waals surface area contributed by atoms with Crippen LogP contribution in [0.2, 0.25) is 10.0 Å². The number of hydrogen-bond acceptors (Lipinski definition) is 13. The second-order valence-corrected chi connectivity index (χ2v) is 12.4. The van der Waals surface area contributed by atoms with Gasteiger partial charge in [-0.15, -0.1) is 0 Å². The van der Waals surface area contributed by atoms with Crippen molar-refractivity contribution in [3.05, 3.63) is 87.4 Å². The van der Waals surface area contributed by atoms with Crippen LogP contribution in [0.15, 0.2) is 53.3 Å². The molecule has 2 fully saturated rings. The molecule has 0 unspecified atom stereocenters. The van der Waals surface area contributed by atoms with Gasteiger partial charge in [0.2, 0.25) is 11.9 Å². The maximum absolute atomic E-state index is 13.2. The summed E-state index contributed by atoms with van der Waals surface area (Å²) in [4.78, 5) is 48.6. The Kier molecular flexibility index (Phi) is 21.0. The van der Waals surface area contributed by atoms with Crippen LogP contribution in [0.4, 0.5) is 43.7 Å². The van der Waals surface area contributed by atoms with E-state index < -0.39 is 17.6 Å². The molecule has 6 rings (SSSR count). The Morgan fingerprint density at radius 2 is 1.28 bits per heavy atom. The van der Waals surface area contributed by atoms with Gasteiger partial charge < -0.3 is 41.9 Å². The summed E-state index contributed by atoms with van der Waals surface area (Å²) in [6.45, 7) is 10.7. The van der Waals surface area contributed by atoms with Crippen LogP contribution in [-0.4, -0.2) is 89.8 Å². The number of hydrogen-bond donors (Lipinski definition) is 3. The molecule has 14 nitrogen and oxygen atoms in total. The molecule has 4 heterocycles. The molecule has 0 amide bonds. The Bertz CT molecular complexity index is 1840. The molecule has 54 heavy (non-hydrogen) atoms. The zero-order valence-electron chi connectivity index (χ0n) is 29.5. The van der Waals surface area contributed by atoms with Crippen LogP contribution >= 0.6 is 39.1 Å². The number of nitrogens with zero attached hydrogens (tertiary/aromatic N) is 6. The third-order valence-corrected chi connectivity index (χ3v) is 8.19. The van der Waals surface area contributed by atoms with Crippen LogP contribution in [0.5, 0.6) is 0 Å². The number of unbranched alkanes of at least 4 members (excludes halogenated alkanes) is 1. The quantitative estimate of drug-likeness (QED) is 0.170. The van der Waals surface area contributed by atoms with E-state index in [0.717, 1.165) is 29.8 Å². The van der Waals surface area contributed by atoms with Gasteiger partial charge in [0.25, 0.3) is 0 Å². The van der Waals surface area contributed by atoms with E-state index in [2.05, 4.69) is 65.2 Å². The van der Waals surface area contributed by atoms with Crippen LogP contribution in [-0.2, 0) is 19.1 Å². The number of rotatable bonds is 8. The van der Waals surface area contributed by atoms with E-state index in [9.17, 15) is 18.7 Å². The number of anilines is 6. The Morgan fingerprint density at radius 3 is 1.69 bits per heavy atom. The predicted molar refractivity (Wildman–Crippen MR) is 199 cm³/mol. The van der Waals surface area contributed by atoms with Gasteiger partial charge in [-0.05, 0) is 52.3 Å². The topological polar surface area (TPSA) is 172 Å². The fourth-order valence-electron chi connectivity index (χ4n) is 4.42. The molecule has 0 atom stereocenters. The number of carboxylic acids is 1. The summed E-state index contributed by atoms with van der Waals surface area (Å²) in [7, 11) is 0. The fraction of sp³-hybridized carbons (Fsp3) is 0.324. The molecule has 0 saturated carbocycles. The van der Waals surface area contributed by atoms with Gasteiger partial charge in [0, 0.05) is 49.9 Å². The molecule has 3 N–H and O–H groups in total. The summed E-state index contributed by atoms with van der Waals surface area (Å²) in [6, 6.07) is 8.49. The molecule has 0 radical (unpaired) electrons. The van der Waals surface area contributed by atoms with Gasteiger partial charge in [-0.1, -0.05) is 36.5 Å². The van der Waals surface area contributed by atoms with Gasteiger partial charge in [0.1, 0.15) is 28.8 Å². The number of aromatic carboxylic acids is 1. The number of carbonyl (C=O) groups is 1. The van der Waals surface area contributed by atoms with Crippen LogP contribution in [0.3, 0.4) is 0 Å². The molecule has 4 aromatic rings. The molecule has 2 saturated heterocycles. The Labute approximate surface area is 341 Å². The van der Waals surface area contributed by atoms with Crippen molar-refractivity contribution in [2.45, 2.75) is 19.8 Å². The van der Waals surface area contributed by atoms with Gasteiger partial charge in [-0.3, -0.25) is 0 Å². The molecule has 0 spiro atoms. The number of benzene rings is 2. The van der Waals surface area contributed by atoms with Crippen molar-refractivity contribution in [2.24, 2.45) is 0 Å². The Balaban J connectivity index is 0.000000315. The van der Waals surface area contributed by atoms with Crippen LogP contribution in [0, 0.1) is 18.6 Å². The van der Waals surface area contributed by atoms with E-state index in [4.69, 9.17) is 42.3 Å². The molecule has 0 bridgehead atoms. The monoisotopic (exact) mass is 846 g/mol. The Hall–Kier alpha value is -3.91. The van der Waals surface area contributed by atoms with E-state index in [-0.39, 0.29) is 46.6 Å². The van der Waals surface area contributed by atoms with Gasteiger partial charge in [-0.2, -0.15) is 26.0 Å². The zero-order chi connectivity index (χ0) is 38.8. The molecular weight excluding hydrogens is 812 g/mol. The first-order valence-electron chi connectivity index (χ1n) is 16.0. The molecular formula is C34H36BrCl2F2LiN8O6. The predicted octanol–water partition coefficient (Wildman–Crippen LogP) is 4.20. The normalized spacial score (nSPS) is 13.2. The summed E-state index contributed by atoms with van der Waals surface area (Å²) in [5.74, 6) is -0.355. The Morgan fingerprint density at radius 1 is 0.870 bits per heavy atom. The van der Waals surface area contributed by atoms with Crippen molar-refractivity contribution in [2.75, 3.05) is 73.0 Å². The SMILES string of the molecule is Fc1ccc(Nc2ncc(Br)c(N3CCOCC3)n2)cc1Cl.O=C(O)c1cnc(Nc2ccc(F)c(Cl)c2)nc1N1CCOCC1.O=C=O.[CH2-]CCC.[Li+]. The van der Waals surface area contributed by atoms with Crippen LogP contribution < -0.4 is 39.3 Å². The minimum absolute atomic E-state index is 0. The number of halogens is 5. The van der Waals surface area contributed by atoms with E-state index >= 15 is 0 Å². The van der Waals surface area contributed by atoms with Crippen molar-refractivity contribution >= 4 is 86.2 Å². The molecule has 2 aromatic carbocycles. The van der Waals surface area contributed by atoms with E-state index in [1.807, 2.05) is 4.90 Å². The van der Waals surface area contributed by atoms with Crippen molar-refractivity contribution in [1.82, 2.24) is 19.9 Å². The molecule has 284 valence electrons. The second kappa shape index (κ2) is 24.5. The largest absolute Gasteiger partial charge is 1.00 e. The zero-order valence-corrected chi connectivity index (χ0v) is 32.6. The van der Waals surface area contributed by atoms with Crippen LogP contribution in [0.1, 0.15) is 30.1 Å². The van der Waals surface area contributed by atoms with Crippen molar-refractivity contribution < 1.29 is 56.6 Å². The number of nitrogens with one attached hydrogen (secondary N) is 2. The molecule has 20 heteroatoms. The molecule has 2 aliphatic heterocycles. The van der Waals surface area contributed by atoms with Gasteiger partial charge >= 0.3 is 31.0 Å². The van der Waals surface area contributed by atoms with E-state index in [1.54, 1.807) is 12.3 Å². The summed E-state index contributed by atoms with van der Waals surface area (Å²) >= 11 is 15.0. The summed E-state index contributed by atoms with van der Waals surface area (Å²) in [5, 5.41) is 15.3. The first-order valence-corrected chi connectivity index (χ1v) is 17.6. The van der Waals surface area contributed by atoms with E-state index in [1.165, 1.54) is 42.9 Å². The molecule has 0 aliphatic carbocycles. The number of ether oxygens (including phenoxy) is 2. The number of carbonyl (C=O) groups excluding carboxylic acids is 2. The number of carboxylic acid groups (broad SMARTS) is 1. The van der Waals surface area contributed by atoms with Crippen molar-refractivity contribution in [1.29, 1.82) is 0 Å². The maximum atomic E-state index is 13.2. The van der Waals surface area contributed by atoms with Crippen molar-refractivity contribution in [3.63, 3.8) is 0 Å². The van der Waals surface area contributed by atoms with Gasteiger partial charge in [0.05, 0.1) is 40.9 Å². The second-order valence-electron chi connectivity index (χ2n) is 10.7.